The highest BCUT2D eigenvalue weighted by atomic mass is 79.9. The zero-order chi connectivity index (χ0) is 23.3. The molecule has 1 saturated heterocycles. The zero-order valence-electron chi connectivity index (χ0n) is 18.0. The van der Waals surface area contributed by atoms with Crippen molar-refractivity contribution in [1.82, 2.24) is 9.80 Å². The van der Waals surface area contributed by atoms with E-state index in [9.17, 15) is 14.0 Å². The second-order valence-corrected chi connectivity index (χ2v) is 8.78. The van der Waals surface area contributed by atoms with E-state index in [1.165, 1.54) is 12.1 Å². The third-order valence-electron chi connectivity index (χ3n) is 5.34. The molecule has 2 aromatic rings. The van der Waals surface area contributed by atoms with Gasteiger partial charge in [0, 0.05) is 36.2 Å². The first kappa shape index (κ1) is 24.0. The number of ether oxygens (including phenoxy) is 2. The van der Waals surface area contributed by atoms with Gasteiger partial charge in [-0.05, 0) is 49.7 Å². The smallest absolute Gasteiger partial charge is 0.341 e. The van der Waals surface area contributed by atoms with E-state index in [2.05, 4.69) is 27.8 Å². The molecule has 0 radical (unpaired) electrons. The van der Waals surface area contributed by atoms with E-state index in [1.807, 2.05) is 6.92 Å². The lowest BCUT2D eigenvalue weighted by molar-refractivity contribution is -0.140. The van der Waals surface area contributed by atoms with Gasteiger partial charge in [0.25, 0.3) is 5.91 Å². The van der Waals surface area contributed by atoms with E-state index < -0.39 is 12.6 Å². The number of hydrogen-bond acceptors (Lipinski definition) is 5. The molecule has 3 rings (SSSR count). The van der Waals surface area contributed by atoms with E-state index in [-0.39, 0.29) is 36.2 Å². The van der Waals surface area contributed by atoms with Crippen molar-refractivity contribution in [3.63, 3.8) is 0 Å². The van der Waals surface area contributed by atoms with Gasteiger partial charge in [0.05, 0.1) is 0 Å². The summed E-state index contributed by atoms with van der Waals surface area (Å²) in [5, 5.41) is 8.84. The predicted molar refractivity (Wildman–Crippen MR) is 120 cm³/mol. The number of nitrogens with zero attached hydrogens (tertiary/aromatic N) is 2. The molecule has 7 nitrogen and oxygen atoms in total. The Hall–Kier alpha value is -2.65. The molecule has 2 atom stereocenters. The maximum atomic E-state index is 13.2. The minimum Gasteiger partial charge on any atom is -0.480 e. The topological polar surface area (TPSA) is 79.3 Å². The largest absolute Gasteiger partial charge is 0.480 e. The predicted octanol–water partition coefficient (Wildman–Crippen LogP) is 3.55. The Morgan fingerprint density at radius 1 is 1.03 bits per heavy atom. The molecule has 1 fully saturated rings. The molecule has 2 aromatic carbocycles. The number of hydrogen-bond donors (Lipinski definition) is 1. The minimum atomic E-state index is -1.10. The standard InChI is InChI=1S/C23H26BrFN2O5/c1-15-11-27(16(2)10-26(15)12-17-3-6-19(25)7-4-17)22(28)13-31-20-8-5-18(24)9-21(20)32-14-23(29)30/h3-9,15-16H,10-14H2,1-2H3,(H,29,30). The number of halogens is 2. The van der Waals surface area contributed by atoms with Crippen LogP contribution in [0.2, 0.25) is 0 Å². The van der Waals surface area contributed by atoms with E-state index >= 15 is 0 Å². The second kappa shape index (κ2) is 10.8. The third-order valence-corrected chi connectivity index (χ3v) is 5.84. The fourth-order valence-electron chi connectivity index (χ4n) is 3.67. The van der Waals surface area contributed by atoms with Crippen LogP contribution in [-0.2, 0) is 16.1 Å². The quantitative estimate of drug-likeness (QED) is 0.587. The Balaban J connectivity index is 1.58. The van der Waals surface area contributed by atoms with Crippen LogP contribution < -0.4 is 9.47 Å². The molecule has 1 N–H and O–H groups in total. The van der Waals surface area contributed by atoms with Crippen molar-refractivity contribution in [2.24, 2.45) is 0 Å². The summed E-state index contributed by atoms with van der Waals surface area (Å²) in [6.45, 7) is 5.28. The second-order valence-electron chi connectivity index (χ2n) is 7.86. The number of amides is 1. The van der Waals surface area contributed by atoms with Gasteiger partial charge in [0.2, 0.25) is 0 Å². The van der Waals surface area contributed by atoms with Crippen LogP contribution in [0, 0.1) is 5.82 Å². The van der Waals surface area contributed by atoms with Crippen molar-refractivity contribution in [1.29, 1.82) is 0 Å². The van der Waals surface area contributed by atoms with Gasteiger partial charge in [-0.1, -0.05) is 28.1 Å². The van der Waals surface area contributed by atoms with Crippen LogP contribution in [0.25, 0.3) is 0 Å². The SMILES string of the molecule is CC1CN(C(=O)COc2ccc(Br)cc2OCC(=O)O)C(C)CN1Cc1ccc(F)cc1. The van der Waals surface area contributed by atoms with Crippen LogP contribution in [-0.4, -0.2) is 65.2 Å². The lowest BCUT2D eigenvalue weighted by Gasteiger charge is -2.44. The summed E-state index contributed by atoms with van der Waals surface area (Å²) in [4.78, 5) is 27.7. The van der Waals surface area contributed by atoms with Gasteiger partial charge in [-0.15, -0.1) is 0 Å². The molecule has 0 aromatic heterocycles. The molecule has 0 bridgehead atoms. The van der Waals surface area contributed by atoms with Crippen molar-refractivity contribution in [2.45, 2.75) is 32.5 Å². The Bertz CT molecular complexity index is 956. The number of benzene rings is 2. The molecule has 1 aliphatic heterocycles. The minimum absolute atomic E-state index is 0.0182. The Morgan fingerprint density at radius 2 is 1.72 bits per heavy atom. The number of carbonyl (C=O) groups excluding carboxylic acids is 1. The maximum Gasteiger partial charge on any atom is 0.341 e. The Kier molecular flexibility index (Phi) is 8.09. The number of piperazine rings is 1. The van der Waals surface area contributed by atoms with Gasteiger partial charge in [0.1, 0.15) is 5.82 Å². The summed E-state index contributed by atoms with van der Waals surface area (Å²) in [5.41, 5.74) is 1.03. The maximum absolute atomic E-state index is 13.2. The van der Waals surface area contributed by atoms with E-state index in [1.54, 1.807) is 35.2 Å². The molecule has 0 saturated carbocycles. The number of rotatable bonds is 8. The van der Waals surface area contributed by atoms with Gasteiger partial charge in [-0.2, -0.15) is 0 Å². The van der Waals surface area contributed by atoms with Crippen LogP contribution in [0.5, 0.6) is 11.5 Å². The summed E-state index contributed by atoms with van der Waals surface area (Å²) < 4.78 is 24.8. The first-order chi connectivity index (χ1) is 15.2. The number of carboxylic acid groups (broad SMARTS) is 1. The highest BCUT2D eigenvalue weighted by Gasteiger charge is 2.32. The van der Waals surface area contributed by atoms with Crippen LogP contribution in [0.1, 0.15) is 19.4 Å². The molecule has 9 heteroatoms. The molecule has 2 unspecified atom stereocenters. The lowest BCUT2D eigenvalue weighted by Crippen LogP contribution is -2.58. The molecule has 1 heterocycles. The molecule has 0 spiro atoms. The van der Waals surface area contributed by atoms with Gasteiger partial charge < -0.3 is 19.5 Å². The highest BCUT2D eigenvalue weighted by Crippen LogP contribution is 2.31. The lowest BCUT2D eigenvalue weighted by atomic mass is 10.1. The molecular weight excluding hydrogens is 483 g/mol. The summed E-state index contributed by atoms with van der Waals surface area (Å²) in [6.07, 6.45) is 0. The monoisotopic (exact) mass is 508 g/mol. The number of carboxylic acids is 1. The Morgan fingerprint density at radius 3 is 2.41 bits per heavy atom. The van der Waals surface area contributed by atoms with E-state index in [4.69, 9.17) is 14.6 Å². The molecular formula is C23H26BrFN2O5. The first-order valence-corrected chi connectivity index (χ1v) is 11.1. The summed E-state index contributed by atoms with van der Waals surface area (Å²) in [5.74, 6) is -0.961. The normalized spacial score (nSPS) is 18.9. The van der Waals surface area contributed by atoms with Crippen molar-refractivity contribution < 1.29 is 28.6 Å². The van der Waals surface area contributed by atoms with Gasteiger partial charge in [-0.3, -0.25) is 9.69 Å². The fourth-order valence-corrected chi connectivity index (χ4v) is 4.01. The Labute approximate surface area is 194 Å². The van der Waals surface area contributed by atoms with Gasteiger partial charge in [-0.25, -0.2) is 9.18 Å². The molecule has 1 amide bonds. The van der Waals surface area contributed by atoms with Crippen molar-refractivity contribution in [2.75, 3.05) is 26.3 Å². The van der Waals surface area contributed by atoms with Crippen molar-refractivity contribution in [3.05, 3.63) is 58.3 Å². The van der Waals surface area contributed by atoms with Crippen molar-refractivity contribution >= 4 is 27.8 Å². The van der Waals surface area contributed by atoms with Crippen LogP contribution in [0.4, 0.5) is 4.39 Å². The average molecular weight is 509 g/mol. The average Bonchev–Trinajstić information content (AvgIpc) is 2.75. The molecule has 32 heavy (non-hydrogen) atoms. The van der Waals surface area contributed by atoms with Crippen LogP contribution in [0.3, 0.4) is 0 Å². The fraction of sp³-hybridized carbons (Fsp3) is 0.391. The molecule has 172 valence electrons. The van der Waals surface area contributed by atoms with E-state index in [0.29, 0.717) is 29.9 Å². The van der Waals surface area contributed by atoms with Crippen LogP contribution in [0.15, 0.2) is 46.9 Å². The molecule has 0 aliphatic carbocycles. The zero-order valence-corrected chi connectivity index (χ0v) is 19.5. The number of carbonyl (C=O) groups is 2. The summed E-state index contributed by atoms with van der Waals surface area (Å²) in [6, 6.07) is 11.5. The third kappa shape index (κ3) is 6.43. The highest BCUT2D eigenvalue weighted by molar-refractivity contribution is 9.10. The number of aliphatic carboxylic acids is 1. The van der Waals surface area contributed by atoms with E-state index in [0.717, 1.165) is 5.56 Å². The summed E-state index contributed by atoms with van der Waals surface area (Å²) >= 11 is 3.31. The molecule has 1 aliphatic rings. The van der Waals surface area contributed by atoms with Crippen LogP contribution >= 0.6 is 15.9 Å². The summed E-state index contributed by atoms with van der Waals surface area (Å²) in [7, 11) is 0. The first-order valence-electron chi connectivity index (χ1n) is 10.3. The van der Waals surface area contributed by atoms with Crippen molar-refractivity contribution in [3.8, 4) is 11.5 Å². The van der Waals surface area contributed by atoms with Gasteiger partial charge in [0.15, 0.2) is 24.7 Å². The van der Waals surface area contributed by atoms with Gasteiger partial charge >= 0.3 is 5.97 Å².